The fourth-order valence-electron chi connectivity index (χ4n) is 7.68. The highest BCUT2D eigenvalue weighted by atomic mass is 79.9. The van der Waals surface area contributed by atoms with E-state index < -0.39 is 0 Å². The van der Waals surface area contributed by atoms with Crippen LogP contribution in [0, 0.1) is 28.6 Å². The number of rotatable bonds is 0. The lowest BCUT2D eigenvalue weighted by Gasteiger charge is -2.64. The summed E-state index contributed by atoms with van der Waals surface area (Å²) in [6.45, 7) is 6.24. The molecule has 0 aromatic carbocycles. The normalized spacial score (nSPS) is 54.2. The number of alkyl halides is 1. The standard InChI is InChI=1S/C21H31BrO3/c1-18-7-3-4-15(18)16-6-5-14-12-20(24-10-11-25-20)9-8-19(14,2)21(16,22)17(23)13-18/h14-16H,3-13H2,1-2H3. The number of hydrogen-bond donors (Lipinski definition) is 0. The van der Waals surface area contributed by atoms with Gasteiger partial charge in [-0.05, 0) is 60.7 Å². The minimum absolute atomic E-state index is 0.0392. The molecule has 4 saturated carbocycles. The number of ketones is 1. The first-order chi connectivity index (χ1) is 11.8. The number of ether oxygens (including phenoxy) is 2. The van der Waals surface area contributed by atoms with Crippen LogP contribution in [0.15, 0.2) is 0 Å². The highest BCUT2D eigenvalue weighted by Crippen LogP contribution is 2.70. The first-order valence-electron chi connectivity index (χ1n) is 10.3. The van der Waals surface area contributed by atoms with Crippen molar-refractivity contribution in [3.63, 3.8) is 0 Å². The van der Waals surface area contributed by atoms with Crippen LogP contribution in [0.25, 0.3) is 0 Å². The molecule has 6 unspecified atom stereocenters. The van der Waals surface area contributed by atoms with E-state index in [-0.39, 0.29) is 20.9 Å². The zero-order valence-corrected chi connectivity index (χ0v) is 17.2. The predicted molar refractivity (Wildman–Crippen MR) is 99.5 cm³/mol. The molecule has 25 heavy (non-hydrogen) atoms. The van der Waals surface area contributed by atoms with Crippen molar-refractivity contribution in [2.24, 2.45) is 28.6 Å². The van der Waals surface area contributed by atoms with Gasteiger partial charge in [0.2, 0.25) is 0 Å². The SMILES string of the molecule is CC12CCCC1C1CCC3CC4(CCC3(C)C1(Br)C(=O)C2)OCCO4. The number of carbonyl (C=O) groups is 1. The van der Waals surface area contributed by atoms with Gasteiger partial charge >= 0.3 is 0 Å². The van der Waals surface area contributed by atoms with E-state index >= 15 is 0 Å². The van der Waals surface area contributed by atoms with Crippen molar-refractivity contribution >= 4 is 21.7 Å². The molecule has 140 valence electrons. The van der Waals surface area contributed by atoms with E-state index in [2.05, 4.69) is 29.8 Å². The van der Waals surface area contributed by atoms with Crippen molar-refractivity contribution < 1.29 is 14.3 Å². The Hall–Kier alpha value is 0.0700. The van der Waals surface area contributed by atoms with Crippen LogP contribution in [0.3, 0.4) is 0 Å². The molecule has 0 bridgehead atoms. The zero-order chi connectivity index (χ0) is 17.5. The molecule has 0 amide bonds. The fraction of sp³-hybridized carbons (Fsp3) is 0.952. The van der Waals surface area contributed by atoms with Crippen LogP contribution in [0.1, 0.15) is 71.6 Å². The Morgan fingerprint density at radius 3 is 2.52 bits per heavy atom. The molecule has 4 heteroatoms. The minimum Gasteiger partial charge on any atom is -0.348 e. The smallest absolute Gasteiger partial charge is 0.168 e. The van der Waals surface area contributed by atoms with Crippen LogP contribution < -0.4 is 0 Å². The Morgan fingerprint density at radius 2 is 1.76 bits per heavy atom. The Morgan fingerprint density at radius 1 is 1.00 bits per heavy atom. The molecule has 1 aliphatic heterocycles. The van der Waals surface area contributed by atoms with E-state index in [9.17, 15) is 4.79 Å². The molecule has 1 heterocycles. The van der Waals surface area contributed by atoms with Crippen molar-refractivity contribution in [3.05, 3.63) is 0 Å². The molecule has 3 nitrogen and oxygen atoms in total. The molecule has 1 spiro atoms. The molecule has 0 radical (unpaired) electrons. The molecular weight excluding hydrogens is 380 g/mol. The van der Waals surface area contributed by atoms with E-state index in [0.717, 1.165) is 44.8 Å². The van der Waals surface area contributed by atoms with E-state index in [4.69, 9.17) is 9.47 Å². The van der Waals surface area contributed by atoms with Gasteiger partial charge in [-0.15, -0.1) is 0 Å². The molecule has 1 saturated heterocycles. The molecule has 0 N–H and O–H groups in total. The van der Waals surface area contributed by atoms with Crippen LogP contribution in [0.2, 0.25) is 0 Å². The van der Waals surface area contributed by atoms with Crippen molar-refractivity contribution in [2.75, 3.05) is 13.2 Å². The summed E-state index contributed by atoms with van der Waals surface area (Å²) in [5.74, 6) is 1.90. The molecule has 4 aliphatic carbocycles. The summed E-state index contributed by atoms with van der Waals surface area (Å²) >= 11 is 4.16. The molecule has 5 aliphatic rings. The van der Waals surface area contributed by atoms with Crippen LogP contribution in [0.5, 0.6) is 0 Å². The van der Waals surface area contributed by atoms with Crippen molar-refractivity contribution in [1.29, 1.82) is 0 Å². The largest absolute Gasteiger partial charge is 0.348 e. The van der Waals surface area contributed by atoms with Crippen LogP contribution in [-0.4, -0.2) is 29.1 Å². The zero-order valence-electron chi connectivity index (χ0n) is 15.6. The Bertz CT molecular complexity index is 600. The predicted octanol–water partition coefficient (Wildman–Crippen LogP) is 4.86. The number of hydrogen-bond acceptors (Lipinski definition) is 3. The number of fused-ring (bicyclic) bond motifs is 5. The van der Waals surface area contributed by atoms with Gasteiger partial charge in [0.15, 0.2) is 11.6 Å². The molecule has 0 aromatic rings. The maximum Gasteiger partial charge on any atom is 0.168 e. The minimum atomic E-state index is -0.347. The lowest BCUT2D eigenvalue weighted by atomic mass is 9.44. The van der Waals surface area contributed by atoms with E-state index in [0.29, 0.717) is 17.6 Å². The average molecular weight is 411 g/mol. The first kappa shape index (κ1) is 17.2. The maximum atomic E-state index is 13.6. The number of carbonyl (C=O) groups excluding carboxylic acids is 1. The van der Waals surface area contributed by atoms with Crippen LogP contribution in [0.4, 0.5) is 0 Å². The molecular formula is C21H31BrO3. The molecule has 5 fully saturated rings. The van der Waals surface area contributed by atoms with E-state index in [1.54, 1.807) is 0 Å². The fourth-order valence-corrected chi connectivity index (χ4v) is 8.89. The lowest BCUT2D eigenvalue weighted by molar-refractivity contribution is -0.221. The van der Waals surface area contributed by atoms with E-state index in [1.807, 2.05) is 0 Å². The molecule has 5 rings (SSSR count). The summed E-state index contributed by atoms with van der Waals surface area (Å²) in [5, 5.41) is 0. The van der Waals surface area contributed by atoms with Gasteiger partial charge in [-0.3, -0.25) is 4.79 Å². The summed E-state index contributed by atoms with van der Waals surface area (Å²) in [5.41, 5.74) is 0.299. The molecule has 6 atom stereocenters. The second kappa shape index (κ2) is 5.32. The Kier molecular flexibility index (Phi) is 3.66. The summed E-state index contributed by atoms with van der Waals surface area (Å²) in [6, 6.07) is 0. The van der Waals surface area contributed by atoms with Gasteiger partial charge < -0.3 is 9.47 Å². The highest BCUT2D eigenvalue weighted by Gasteiger charge is 2.70. The monoisotopic (exact) mass is 410 g/mol. The summed E-state index contributed by atoms with van der Waals surface area (Å²) < 4.78 is 11.7. The van der Waals surface area contributed by atoms with Crippen LogP contribution >= 0.6 is 15.9 Å². The topological polar surface area (TPSA) is 35.5 Å². The molecule has 0 aromatic heterocycles. The van der Waals surface area contributed by atoms with E-state index in [1.165, 1.54) is 32.1 Å². The van der Waals surface area contributed by atoms with Gasteiger partial charge in [-0.1, -0.05) is 36.2 Å². The third kappa shape index (κ3) is 2.08. The number of halogens is 1. The van der Waals surface area contributed by atoms with Crippen molar-refractivity contribution in [1.82, 2.24) is 0 Å². The maximum absolute atomic E-state index is 13.6. The Labute approximate surface area is 159 Å². The third-order valence-electron chi connectivity index (χ3n) is 9.08. The van der Waals surface area contributed by atoms with Gasteiger partial charge in [0.25, 0.3) is 0 Å². The highest BCUT2D eigenvalue weighted by molar-refractivity contribution is 9.10. The summed E-state index contributed by atoms with van der Waals surface area (Å²) in [7, 11) is 0. The van der Waals surface area contributed by atoms with Gasteiger partial charge in [0.05, 0.1) is 17.5 Å². The summed E-state index contributed by atoms with van der Waals surface area (Å²) in [4.78, 5) is 13.6. The average Bonchev–Trinajstić information content (AvgIpc) is 3.17. The second-order valence-electron chi connectivity index (χ2n) is 10.1. The van der Waals surface area contributed by atoms with Gasteiger partial charge in [0.1, 0.15) is 0 Å². The lowest BCUT2D eigenvalue weighted by Crippen LogP contribution is -2.67. The number of Topliss-reactive ketones (excluding diaryl/α,β-unsaturated/α-hetero) is 1. The van der Waals surface area contributed by atoms with Crippen LogP contribution in [-0.2, 0) is 14.3 Å². The quantitative estimate of drug-likeness (QED) is 0.534. The summed E-state index contributed by atoms with van der Waals surface area (Å²) in [6.07, 6.45) is 10.0. The second-order valence-corrected chi connectivity index (χ2v) is 11.3. The van der Waals surface area contributed by atoms with Gasteiger partial charge in [0, 0.05) is 19.3 Å². The van der Waals surface area contributed by atoms with Gasteiger partial charge in [-0.2, -0.15) is 0 Å². The Balaban J connectivity index is 1.52. The third-order valence-corrected chi connectivity index (χ3v) is 11.0. The first-order valence-corrected chi connectivity index (χ1v) is 11.1. The van der Waals surface area contributed by atoms with Crippen molar-refractivity contribution in [3.8, 4) is 0 Å². The van der Waals surface area contributed by atoms with Gasteiger partial charge in [-0.25, -0.2) is 0 Å². The van der Waals surface area contributed by atoms with Crippen molar-refractivity contribution in [2.45, 2.75) is 81.7 Å².